The van der Waals surface area contributed by atoms with Gasteiger partial charge in [-0.05, 0) is 30.5 Å². The third-order valence-corrected chi connectivity index (χ3v) is 5.38. The van der Waals surface area contributed by atoms with E-state index >= 15 is 0 Å². The summed E-state index contributed by atoms with van der Waals surface area (Å²) in [5.74, 6) is 0.301. The second-order valence-corrected chi connectivity index (χ2v) is 7.97. The number of hydrogen-bond acceptors (Lipinski definition) is 3. The molecule has 0 radical (unpaired) electrons. The van der Waals surface area contributed by atoms with Crippen molar-refractivity contribution in [3.05, 3.63) is 30.0 Å². The molecular formula is C24H36O4. The molecule has 0 fully saturated rings. The van der Waals surface area contributed by atoms with Gasteiger partial charge in [-0.25, -0.2) is 4.79 Å². The summed E-state index contributed by atoms with van der Waals surface area (Å²) in [5.41, 5.74) is 0.553. The van der Waals surface area contributed by atoms with E-state index in [2.05, 4.69) is 13.8 Å². The lowest BCUT2D eigenvalue weighted by atomic mass is 9.99. The van der Waals surface area contributed by atoms with Crippen molar-refractivity contribution < 1.29 is 19.1 Å². The second-order valence-electron chi connectivity index (χ2n) is 7.97. The van der Waals surface area contributed by atoms with Crippen molar-refractivity contribution in [1.82, 2.24) is 0 Å². The van der Waals surface area contributed by atoms with E-state index in [4.69, 9.17) is 14.3 Å². The maximum atomic E-state index is 11.0. The van der Waals surface area contributed by atoms with Gasteiger partial charge in [0.15, 0.2) is 0 Å². The van der Waals surface area contributed by atoms with Crippen LogP contribution in [0.4, 0.5) is 0 Å². The fourth-order valence-corrected chi connectivity index (χ4v) is 3.53. The molecule has 2 aromatic rings. The average Bonchev–Trinajstić information content (AvgIpc) is 3.10. The molecule has 4 heteroatoms. The van der Waals surface area contributed by atoms with Gasteiger partial charge in [-0.2, -0.15) is 0 Å². The average molecular weight is 389 g/mol. The minimum atomic E-state index is -1.05. The highest BCUT2D eigenvalue weighted by Gasteiger charge is 2.11. The van der Waals surface area contributed by atoms with Crippen molar-refractivity contribution in [1.29, 1.82) is 0 Å². The van der Waals surface area contributed by atoms with Crippen LogP contribution >= 0.6 is 0 Å². The molecule has 2 rings (SSSR count). The number of furan rings is 1. The summed E-state index contributed by atoms with van der Waals surface area (Å²) in [7, 11) is 0. The van der Waals surface area contributed by atoms with Crippen LogP contribution in [0.25, 0.3) is 11.0 Å². The van der Waals surface area contributed by atoms with E-state index in [0.717, 1.165) is 17.6 Å². The van der Waals surface area contributed by atoms with E-state index < -0.39 is 5.97 Å². The standard InChI is InChI=1S/C24H36O4/c1-3-4-5-6-7-8-9-10-11-12-19(2)15-16-27-21-14-13-20-17-23(24(25)26)28-22(20)18-21/h13-14,17-19H,3-12,15-16H2,1-2H3,(H,25,26). The van der Waals surface area contributed by atoms with Crippen molar-refractivity contribution in [2.75, 3.05) is 6.61 Å². The Kier molecular flexibility index (Phi) is 9.95. The smallest absolute Gasteiger partial charge is 0.371 e. The Bertz CT molecular complexity index is 704. The van der Waals surface area contributed by atoms with Crippen LogP contribution in [0.1, 0.15) is 95.0 Å². The summed E-state index contributed by atoms with van der Waals surface area (Å²) < 4.78 is 11.2. The Hall–Kier alpha value is -1.97. The Balaban J connectivity index is 1.56. The van der Waals surface area contributed by atoms with E-state index in [1.165, 1.54) is 70.3 Å². The number of hydrogen-bond donors (Lipinski definition) is 1. The molecule has 1 atom stereocenters. The minimum Gasteiger partial charge on any atom is -0.493 e. The molecule has 0 aliphatic carbocycles. The van der Waals surface area contributed by atoms with Crippen molar-refractivity contribution in [2.24, 2.45) is 5.92 Å². The van der Waals surface area contributed by atoms with Crippen LogP contribution < -0.4 is 4.74 Å². The van der Waals surface area contributed by atoms with Crippen LogP contribution in [0.2, 0.25) is 0 Å². The molecular weight excluding hydrogens is 352 g/mol. The zero-order valence-electron chi connectivity index (χ0n) is 17.5. The SMILES string of the molecule is CCCCCCCCCCCC(C)CCOc1ccc2cc(C(=O)O)oc2c1. The summed E-state index contributed by atoms with van der Waals surface area (Å²) >= 11 is 0. The molecule has 156 valence electrons. The largest absolute Gasteiger partial charge is 0.493 e. The molecule has 1 N–H and O–H groups in total. The van der Waals surface area contributed by atoms with Gasteiger partial charge in [0.2, 0.25) is 5.76 Å². The fourth-order valence-electron chi connectivity index (χ4n) is 3.53. The van der Waals surface area contributed by atoms with Gasteiger partial charge < -0.3 is 14.3 Å². The number of carboxylic acids is 1. The van der Waals surface area contributed by atoms with Gasteiger partial charge in [-0.3, -0.25) is 0 Å². The molecule has 0 saturated carbocycles. The van der Waals surface area contributed by atoms with E-state index in [9.17, 15) is 4.79 Å². The highest BCUT2D eigenvalue weighted by atomic mass is 16.5. The summed E-state index contributed by atoms with van der Waals surface area (Å²) in [6, 6.07) is 7.02. The van der Waals surface area contributed by atoms with Gasteiger partial charge in [0.05, 0.1) is 6.61 Å². The first-order valence-electron chi connectivity index (χ1n) is 11.0. The third-order valence-electron chi connectivity index (χ3n) is 5.38. The Morgan fingerprint density at radius 2 is 1.68 bits per heavy atom. The number of aromatic carboxylic acids is 1. The topological polar surface area (TPSA) is 59.7 Å². The predicted molar refractivity (Wildman–Crippen MR) is 114 cm³/mol. The van der Waals surface area contributed by atoms with Crippen LogP contribution in [0.3, 0.4) is 0 Å². The minimum absolute atomic E-state index is 0.0401. The first kappa shape index (κ1) is 22.3. The number of carboxylic acid groups (broad SMARTS) is 1. The van der Waals surface area contributed by atoms with Crippen LogP contribution in [-0.4, -0.2) is 17.7 Å². The van der Waals surface area contributed by atoms with Crippen molar-refractivity contribution in [3.63, 3.8) is 0 Å². The van der Waals surface area contributed by atoms with Crippen molar-refractivity contribution in [3.8, 4) is 5.75 Å². The zero-order valence-corrected chi connectivity index (χ0v) is 17.5. The van der Waals surface area contributed by atoms with Crippen molar-refractivity contribution >= 4 is 16.9 Å². The van der Waals surface area contributed by atoms with Crippen LogP contribution in [0.15, 0.2) is 28.7 Å². The second kappa shape index (κ2) is 12.5. The van der Waals surface area contributed by atoms with Crippen LogP contribution in [0, 0.1) is 5.92 Å². The molecule has 1 heterocycles. The number of ether oxygens (including phenoxy) is 1. The van der Waals surface area contributed by atoms with Gasteiger partial charge in [-0.1, -0.05) is 78.1 Å². The van der Waals surface area contributed by atoms with Gasteiger partial charge in [-0.15, -0.1) is 0 Å². The first-order chi connectivity index (χ1) is 13.6. The molecule has 0 amide bonds. The van der Waals surface area contributed by atoms with E-state index in [0.29, 0.717) is 18.1 Å². The highest BCUT2D eigenvalue weighted by Crippen LogP contribution is 2.25. The molecule has 0 aliphatic heterocycles. The molecule has 0 aliphatic rings. The Morgan fingerprint density at radius 3 is 2.36 bits per heavy atom. The molecule has 1 aromatic carbocycles. The quantitative estimate of drug-likeness (QED) is 0.322. The Labute approximate surface area is 169 Å². The van der Waals surface area contributed by atoms with Gasteiger partial charge in [0, 0.05) is 11.5 Å². The maximum absolute atomic E-state index is 11.0. The number of unbranched alkanes of at least 4 members (excludes halogenated alkanes) is 8. The number of carbonyl (C=O) groups is 1. The van der Waals surface area contributed by atoms with Crippen LogP contribution in [0.5, 0.6) is 5.75 Å². The van der Waals surface area contributed by atoms with E-state index in [1.807, 2.05) is 12.1 Å². The van der Waals surface area contributed by atoms with Gasteiger partial charge in [0.1, 0.15) is 11.3 Å². The molecule has 0 bridgehead atoms. The molecule has 1 unspecified atom stereocenters. The fraction of sp³-hybridized carbons (Fsp3) is 0.625. The lowest BCUT2D eigenvalue weighted by molar-refractivity contribution is 0.0665. The monoisotopic (exact) mass is 388 g/mol. The molecule has 0 spiro atoms. The maximum Gasteiger partial charge on any atom is 0.371 e. The van der Waals surface area contributed by atoms with Gasteiger partial charge >= 0.3 is 5.97 Å². The number of rotatable bonds is 15. The first-order valence-corrected chi connectivity index (χ1v) is 11.0. The van der Waals surface area contributed by atoms with E-state index in [1.54, 1.807) is 6.07 Å². The highest BCUT2D eigenvalue weighted by molar-refractivity contribution is 5.91. The zero-order chi connectivity index (χ0) is 20.2. The lowest BCUT2D eigenvalue weighted by Gasteiger charge is -2.12. The number of benzene rings is 1. The lowest BCUT2D eigenvalue weighted by Crippen LogP contribution is -2.04. The molecule has 1 aromatic heterocycles. The van der Waals surface area contributed by atoms with Crippen LogP contribution in [-0.2, 0) is 0 Å². The predicted octanol–water partition coefficient (Wildman–Crippen LogP) is 7.46. The molecule has 4 nitrogen and oxygen atoms in total. The summed E-state index contributed by atoms with van der Waals surface area (Å²) in [6.45, 7) is 5.24. The molecule has 0 saturated heterocycles. The van der Waals surface area contributed by atoms with Crippen molar-refractivity contribution in [2.45, 2.75) is 84.5 Å². The Morgan fingerprint density at radius 1 is 1.00 bits per heavy atom. The molecule has 28 heavy (non-hydrogen) atoms. The summed E-state index contributed by atoms with van der Waals surface area (Å²) in [6.07, 6.45) is 14.6. The summed E-state index contributed by atoms with van der Waals surface area (Å²) in [4.78, 5) is 11.0. The summed E-state index contributed by atoms with van der Waals surface area (Å²) in [5, 5.41) is 9.78. The third kappa shape index (κ3) is 7.95. The number of fused-ring (bicyclic) bond motifs is 1. The van der Waals surface area contributed by atoms with Gasteiger partial charge in [0.25, 0.3) is 0 Å². The van der Waals surface area contributed by atoms with E-state index in [-0.39, 0.29) is 5.76 Å². The normalized spacial score (nSPS) is 12.4.